The molecule has 0 spiro atoms. The van der Waals surface area contributed by atoms with Crippen molar-refractivity contribution in [1.29, 1.82) is 0 Å². The zero-order valence-electron chi connectivity index (χ0n) is 16.1. The van der Waals surface area contributed by atoms with Crippen molar-refractivity contribution in [1.82, 2.24) is 24.8 Å². The standard InChI is InChI=1S/C21H22N6O2/c1-13-19(24-8-7-23-13)16-11-18(28)26-21(25-16)15-5-2-4-14(10-15)12-27-9-3-6-17(27)20(22)29/h2,4-5,7-8,10-11,17H,3,6,9,12H2,1H3,(H2,22,29)(H,25,26,28)/t17-/m0/s1. The van der Waals surface area contributed by atoms with Crippen LogP contribution in [-0.2, 0) is 11.3 Å². The average molecular weight is 390 g/mol. The molecule has 29 heavy (non-hydrogen) atoms. The molecule has 3 heterocycles. The summed E-state index contributed by atoms with van der Waals surface area (Å²) in [7, 11) is 0. The second-order valence-electron chi connectivity index (χ2n) is 7.20. The lowest BCUT2D eigenvalue weighted by molar-refractivity contribution is -0.122. The first-order chi connectivity index (χ1) is 14.0. The van der Waals surface area contributed by atoms with Gasteiger partial charge in [-0.05, 0) is 37.9 Å². The fraction of sp³-hybridized carbons (Fsp3) is 0.286. The fourth-order valence-corrected chi connectivity index (χ4v) is 3.76. The summed E-state index contributed by atoms with van der Waals surface area (Å²) < 4.78 is 0. The largest absolute Gasteiger partial charge is 0.368 e. The minimum absolute atomic E-state index is 0.223. The number of aryl methyl sites for hydroxylation is 1. The van der Waals surface area contributed by atoms with Crippen LogP contribution in [0.25, 0.3) is 22.8 Å². The number of carbonyl (C=O) groups is 1. The number of benzene rings is 1. The van der Waals surface area contributed by atoms with Gasteiger partial charge >= 0.3 is 0 Å². The Bertz CT molecular complexity index is 1110. The molecule has 2 aromatic heterocycles. The number of hydrogen-bond acceptors (Lipinski definition) is 6. The number of hydrogen-bond donors (Lipinski definition) is 2. The lowest BCUT2D eigenvalue weighted by Gasteiger charge is -2.22. The zero-order valence-corrected chi connectivity index (χ0v) is 16.1. The van der Waals surface area contributed by atoms with E-state index in [2.05, 4.69) is 24.8 Å². The molecule has 3 aromatic rings. The highest BCUT2D eigenvalue weighted by Gasteiger charge is 2.28. The third-order valence-electron chi connectivity index (χ3n) is 5.14. The van der Waals surface area contributed by atoms with Crippen molar-refractivity contribution in [3.63, 3.8) is 0 Å². The molecule has 1 aliphatic heterocycles. The Morgan fingerprint density at radius 1 is 1.28 bits per heavy atom. The molecule has 1 fully saturated rings. The molecular weight excluding hydrogens is 368 g/mol. The van der Waals surface area contributed by atoms with Crippen LogP contribution in [0, 0.1) is 6.92 Å². The molecule has 3 N–H and O–H groups in total. The quantitative estimate of drug-likeness (QED) is 0.684. The maximum absolute atomic E-state index is 12.2. The van der Waals surface area contributed by atoms with Crippen LogP contribution in [0.5, 0.6) is 0 Å². The molecule has 1 aromatic carbocycles. The van der Waals surface area contributed by atoms with Gasteiger partial charge in [0, 0.05) is 30.6 Å². The van der Waals surface area contributed by atoms with Gasteiger partial charge in [0.2, 0.25) is 5.91 Å². The van der Waals surface area contributed by atoms with E-state index in [0.29, 0.717) is 29.5 Å². The second kappa shape index (κ2) is 7.92. The van der Waals surface area contributed by atoms with Crippen LogP contribution in [0.15, 0.2) is 47.5 Å². The Labute approximate surface area is 167 Å². The summed E-state index contributed by atoms with van der Waals surface area (Å²) in [6.45, 7) is 3.29. The molecule has 8 nitrogen and oxygen atoms in total. The van der Waals surface area contributed by atoms with E-state index in [1.165, 1.54) is 6.07 Å². The number of amides is 1. The van der Waals surface area contributed by atoms with E-state index in [0.717, 1.165) is 30.5 Å². The van der Waals surface area contributed by atoms with Crippen LogP contribution in [0.1, 0.15) is 24.1 Å². The number of nitrogens with two attached hydrogens (primary N) is 1. The topological polar surface area (TPSA) is 118 Å². The number of likely N-dealkylation sites (tertiary alicyclic amines) is 1. The van der Waals surface area contributed by atoms with Gasteiger partial charge in [0.1, 0.15) is 11.5 Å². The molecule has 1 aliphatic rings. The van der Waals surface area contributed by atoms with Gasteiger partial charge in [-0.1, -0.05) is 18.2 Å². The number of rotatable bonds is 5. The van der Waals surface area contributed by atoms with Crippen molar-refractivity contribution < 1.29 is 4.79 Å². The number of nitrogens with one attached hydrogen (secondary N) is 1. The van der Waals surface area contributed by atoms with Gasteiger partial charge in [-0.25, -0.2) is 4.98 Å². The molecule has 0 bridgehead atoms. The van der Waals surface area contributed by atoms with Crippen LogP contribution < -0.4 is 11.3 Å². The lowest BCUT2D eigenvalue weighted by atomic mass is 10.1. The number of aromatic nitrogens is 4. The van der Waals surface area contributed by atoms with Gasteiger partial charge in [-0.15, -0.1) is 0 Å². The lowest BCUT2D eigenvalue weighted by Crippen LogP contribution is -2.39. The van der Waals surface area contributed by atoms with E-state index < -0.39 is 0 Å². The van der Waals surface area contributed by atoms with Crippen molar-refractivity contribution in [2.24, 2.45) is 5.73 Å². The molecule has 4 rings (SSSR count). The minimum Gasteiger partial charge on any atom is -0.368 e. The summed E-state index contributed by atoms with van der Waals surface area (Å²) in [6, 6.07) is 8.98. The fourth-order valence-electron chi connectivity index (χ4n) is 3.76. The maximum atomic E-state index is 12.2. The molecule has 0 saturated carbocycles. The average Bonchev–Trinajstić information content (AvgIpc) is 3.16. The van der Waals surface area contributed by atoms with E-state index in [1.807, 2.05) is 31.2 Å². The van der Waals surface area contributed by atoms with E-state index in [4.69, 9.17) is 5.73 Å². The van der Waals surface area contributed by atoms with Crippen LogP contribution in [0.4, 0.5) is 0 Å². The third kappa shape index (κ3) is 4.07. The van der Waals surface area contributed by atoms with E-state index in [9.17, 15) is 9.59 Å². The monoisotopic (exact) mass is 390 g/mol. The zero-order chi connectivity index (χ0) is 20.4. The van der Waals surface area contributed by atoms with Crippen molar-refractivity contribution in [3.05, 3.63) is 64.3 Å². The molecule has 1 amide bonds. The molecule has 148 valence electrons. The van der Waals surface area contributed by atoms with Crippen LogP contribution >= 0.6 is 0 Å². The Kier molecular flexibility index (Phi) is 5.18. The summed E-state index contributed by atoms with van der Waals surface area (Å²) in [4.78, 5) is 41.9. The summed E-state index contributed by atoms with van der Waals surface area (Å²) in [5.41, 5.74) is 8.85. The van der Waals surface area contributed by atoms with Gasteiger partial charge in [0.25, 0.3) is 5.56 Å². The molecule has 1 saturated heterocycles. The van der Waals surface area contributed by atoms with Crippen molar-refractivity contribution in [2.45, 2.75) is 32.4 Å². The predicted molar refractivity (Wildman–Crippen MR) is 109 cm³/mol. The number of nitrogens with zero attached hydrogens (tertiary/aromatic N) is 4. The summed E-state index contributed by atoms with van der Waals surface area (Å²) >= 11 is 0. The number of aromatic amines is 1. The number of carbonyl (C=O) groups excluding carboxylic acids is 1. The van der Waals surface area contributed by atoms with Gasteiger partial charge in [0.15, 0.2) is 0 Å². The second-order valence-corrected chi connectivity index (χ2v) is 7.20. The van der Waals surface area contributed by atoms with Crippen molar-refractivity contribution in [3.8, 4) is 22.8 Å². The maximum Gasteiger partial charge on any atom is 0.251 e. The number of H-pyrrole nitrogens is 1. The Hall–Kier alpha value is -3.39. The normalized spacial score (nSPS) is 16.8. The minimum atomic E-state index is -0.281. The molecular formula is C21H22N6O2. The van der Waals surface area contributed by atoms with Crippen molar-refractivity contribution >= 4 is 5.91 Å². The van der Waals surface area contributed by atoms with Crippen LogP contribution in [0.2, 0.25) is 0 Å². The molecule has 1 atom stereocenters. The molecule has 0 unspecified atom stereocenters. The summed E-state index contributed by atoms with van der Waals surface area (Å²) in [6.07, 6.45) is 4.94. The highest BCUT2D eigenvalue weighted by molar-refractivity contribution is 5.80. The third-order valence-corrected chi connectivity index (χ3v) is 5.14. The first-order valence-corrected chi connectivity index (χ1v) is 9.53. The van der Waals surface area contributed by atoms with Gasteiger partial charge in [0.05, 0.1) is 17.4 Å². The molecule has 0 aliphatic carbocycles. The Morgan fingerprint density at radius 3 is 2.90 bits per heavy atom. The van der Waals surface area contributed by atoms with Gasteiger partial charge in [-0.2, -0.15) is 0 Å². The Balaban J connectivity index is 1.66. The van der Waals surface area contributed by atoms with Crippen LogP contribution in [0.3, 0.4) is 0 Å². The molecule has 0 radical (unpaired) electrons. The van der Waals surface area contributed by atoms with Gasteiger partial charge < -0.3 is 10.7 Å². The highest BCUT2D eigenvalue weighted by Crippen LogP contribution is 2.23. The predicted octanol–water partition coefficient (Wildman–Crippen LogP) is 1.65. The van der Waals surface area contributed by atoms with E-state index in [1.54, 1.807) is 12.4 Å². The number of primary amides is 1. The summed E-state index contributed by atoms with van der Waals surface area (Å²) in [5, 5.41) is 0. The Morgan fingerprint density at radius 2 is 2.10 bits per heavy atom. The van der Waals surface area contributed by atoms with E-state index in [-0.39, 0.29) is 17.5 Å². The first-order valence-electron chi connectivity index (χ1n) is 9.53. The van der Waals surface area contributed by atoms with E-state index >= 15 is 0 Å². The van der Waals surface area contributed by atoms with Crippen molar-refractivity contribution in [2.75, 3.05) is 6.54 Å². The first kappa shape index (κ1) is 18.9. The highest BCUT2D eigenvalue weighted by atomic mass is 16.1. The SMILES string of the molecule is Cc1nccnc1-c1cc(=O)[nH]c(-c2cccc(CN3CCC[C@H]3C(N)=O)c2)n1. The van der Waals surface area contributed by atoms with Gasteiger partial charge in [-0.3, -0.25) is 24.5 Å². The molecule has 8 heteroatoms. The smallest absolute Gasteiger partial charge is 0.251 e. The van der Waals surface area contributed by atoms with Crippen LogP contribution in [-0.4, -0.2) is 43.3 Å². The summed E-state index contributed by atoms with van der Waals surface area (Å²) in [5.74, 6) is 0.184.